The molecule has 2 aromatic carbocycles. The molecular weight excluding hydrogens is 611 g/mol. The molecule has 0 spiro atoms. The highest BCUT2D eigenvalue weighted by Crippen LogP contribution is 2.32. The van der Waals surface area contributed by atoms with Gasteiger partial charge >= 0.3 is 0 Å². The van der Waals surface area contributed by atoms with Gasteiger partial charge in [0.05, 0.1) is 51.0 Å². The quantitative estimate of drug-likeness (QED) is 0.0984. The molecule has 0 atom stereocenters. The maximum atomic E-state index is 11.6. The number of methoxy groups -OCH3 is 1. The summed E-state index contributed by atoms with van der Waals surface area (Å²) < 4.78 is 18.5. The predicted octanol–water partition coefficient (Wildman–Crippen LogP) is 8.39. The highest BCUT2D eigenvalue weighted by atomic mass is 32.1. The van der Waals surface area contributed by atoms with Crippen molar-refractivity contribution < 1.29 is 23.5 Å². The van der Waals surface area contributed by atoms with Crippen molar-refractivity contribution in [2.75, 3.05) is 58.1 Å². The first-order valence-corrected chi connectivity index (χ1v) is 18.4. The van der Waals surface area contributed by atoms with E-state index in [4.69, 9.17) is 14.2 Å². The first kappa shape index (κ1) is 38.1. The monoisotopic (exact) mass is 666 g/mol. The molecular formula is C38H56N3O5S+. The van der Waals surface area contributed by atoms with Crippen LogP contribution in [0, 0.1) is 0 Å². The van der Waals surface area contributed by atoms with Crippen LogP contribution >= 0.6 is 11.3 Å². The number of pyridine rings is 1. The van der Waals surface area contributed by atoms with E-state index in [1.54, 1.807) is 11.3 Å². The number of aromatic amines is 1. The molecule has 1 saturated heterocycles. The van der Waals surface area contributed by atoms with E-state index in [9.17, 15) is 9.59 Å². The van der Waals surface area contributed by atoms with E-state index in [1.807, 2.05) is 59.1 Å². The fourth-order valence-corrected chi connectivity index (χ4v) is 7.06. The number of hydrogen-bond acceptors (Lipinski definition) is 7. The van der Waals surface area contributed by atoms with Crippen molar-refractivity contribution in [3.8, 4) is 5.75 Å². The number of nitrogens with one attached hydrogen (secondary N) is 1. The molecule has 0 unspecified atom stereocenters. The van der Waals surface area contributed by atoms with Gasteiger partial charge in [-0.2, -0.15) is 0 Å². The lowest BCUT2D eigenvalue weighted by Gasteiger charge is -2.44. The van der Waals surface area contributed by atoms with Gasteiger partial charge in [-0.1, -0.05) is 53.0 Å². The lowest BCUT2D eigenvalue weighted by molar-refractivity contribution is -0.944. The Morgan fingerprint density at radius 3 is 2.40 bits per heavy atom. The molecule has 6 rings (SSSR count). The minimum atomic E-state index is -0.117. The number of nitrogens with zero attached hydrogens (tertiary/aromatic N) is 2. The number of aromatic nitrogens is 1. The van der Waals surface area contributed by atoms with Gasteiger partial charge in [0.25, 0.3) is 6.47 Å². The number of carbonyl (C=O) groups excluding carboxylic acids is 1. The largest absolute Gasteiger partial charge is 0.494 e. The van der Waals surface area contributed by atoms with Crippen LogP contribution < -0.4 is 15.2 Å². The fourth-order valence-electron chi connectivity index (χ4n) is 6.25. The number of carbonyl (C=O) groups is 1. The second-order valence-corrected chi connectivity index (χ2v) is 12.6. The molecule has 47 heavy (non-hydrogen) atoms. The van der Waals surface area contributed by atoms with E-state index >= 15 is 0 Å². The molecule has 2 aliphatic rings. The topological polar surface area (TPSA) is 80.9 Å². The summed E-state index contributed by atoms with van der Waals surface area (Å²) in [6.45, 7) is 14.3. The zero-order chi connectivity index (χ0) is 33.9. The Balaban J connectivity index is 0.000000429. The Morgan fingerprint density at radius 1 is 0.957 bits per heavy atom. The maximum absolute atomic E-state index is 11.6. The second-order valence-electron chi connectivity index (χ2n) is 11.6. The van der Waals surface area contributed by atoms with Gasteiger partial charge in [-0.15, -0.1) is 11.3 Å². The van der Waals surface area contributed by atoms with Gasteiger partial charge in [0, 0.05) is 35.0 Å². The summed E-state index contributed by atoms with van der Waals surface area (Å²) in [6.07, 6.45) is 9.21. The van der Waals surface area contributed by atoms with Crippen LogP contribution in [0.5, 0.6) is 5.75 Å². The summed E-state index contributed by atoms with van der Waals surface area (Å²) in [7, 11) is 1.82. The summed E-state index contributed by atoms with van der Waals surface area (Å²) in [5, 5.41) is 4.44. The molecule has 3 heterocycles. The summed E-state index contributed by atoms with van der Waals surface area (Å²) in [6, 6.07) is 17.8. The van der Waals surface area contributed by atoms with Crippen LogP contribution in [0.15, 0.2) is 64.8 Å². The van der Waals surface area contributed by atoms with E-state index in [0.717, 1.165) is 66.7 Å². The van der Waals surface area contributed by atoms with Crippen LogP contribution in [0.4, 0.5) is 5.69 Å². The van der Waals surface area contributed by atoms with Gasteiger partial charge in [-0.05, 0) is 72.8 Å². The van der Waals surface area contributed by atoms with Crippen molar-refractivity contribution in [1.29, 1.82) is 0 Å². The first-order valence-electron chi connectivity index (χ1n) is 17.5. The van der Waals surface area contributed by atoms with Gasteiger partial charge in [0.1, 0.15) is 5.75 Å². The summed E-state index contributed by atoms with van der Waals surface area (Å²) in [5.74, 6) is 0.753. The van der Waals surface area contributed by atoms with Gasteiger partial charge in [-0.3, -0.25) is 14.1 Å². The Bertz CT molecular complexity index is 1510. The lowest BCUT2D eigenvalue weighted by Crippen LogP contribution is -2.61. The smallest absolute Gasteiger partial charge is 0.297 e. The van der Waals surface area contributed by atoms with Gasteiger partial charge < -0.3 is 24.1 Å². The number of piperazine rings is 1. The van der Waals surface area contributed by atoms with Crippen LogP contribution in [-0.2, 0) is 14.3 Å². The van der Waals surface area contributed by atoms with Crippen molar-refractivity contribution in [2.45, 2.75) is 78.7 Å². The zero-order valence-electron chi connectivity index (χ0n) is 29.2. The predicted molar refractivity (Wildman–Crippen MR) is 197 cm³/mol. The third-order valence-electron chi connectivity index (χ3n) is 8.80. The molecule has 4 aromatic rings. The Labute approximate surface area is 285 Å². The highest BCUT2D eigenvalue weighted by Gasteiger charge is 2.33. The number of benzene rings is 2. The van der Waals surface area contributed by atoms with Crippen molar-refractivity contribution >= 4 is 44.5 Å². The number of H-pyrrole nitrogens is 1. The molecule has 0 bridgehead atoms. The van der Waals surface area contributed by atoms with E-state index in [-0.39, 0.29) is 5.56 Å². The normalized spacial score (nSPS) is 15.7. The number of ether oxygens (including phenoxy) is 3. The van der Waals surface area contributed by atoms with E-state index in [1.165, 1.54) is 53.9 Å². The first-order chi connectivity index (χ1) is 23.1. The minimum absolute atomic E-state index is 0.117. The van der Waals surface area contributed by atoms with Gasteiger partial charge in [0.2, 0.25) is 12.3 Å². The highest BCUT2D eigenvalue weighted by molar-refractivity contribution is 7.17. The number of hydrogen-bond donors (Lipinski definition) is 1. The molecule has 0 amide bonds. The summed E-state index contributed by atoms with van der Waals surface area (Å²) in [5.41, 5.74) is 1.96. The van der Waals surface area contributed by atoms with Crippen molar-refractivity contribution in [3.63, 3.8) is 0 Å². The molecule has 1 aliphatic heterocycles. The van der Waals surface area contributed by atoms with Crippen LogP contribution in [-0.4, -0.2) is 75.2 Å². The molecule has 0 radical (unpaired) electrons. The molecule has 2 aromatic heterocycles. The van der Waals surface area contributed by atoms with Crippen LogP contribution in [0.1, 0.15) is 72.6 Å². The lowest BCUT2D eigenvalue weighted by atomic mass is 9.98. The Hall–Kier alpha value is -3.40. The SMILES string of the molecule is CC.CC.COC1CCCCC1.O=COC[N+]1(CCCCOc2ccc3ccc(=O)[nH]c3c2)CCN(c2cccc3sccc23)CC1. The molecule has 1 aliphatic carbocycles. The van der Waals surface area contributed by atoms with Crippen molar-refractivity contribution in [3.05, 3.63) is 70.3 Å². The van der Waals surface area contributed by atoms with E-state index < -0.39 is 0 Å². The van der Waals surface area contributed by atoms with Crippen molar-refractivity contribution in [2.24, 2.45) is 0 Å². The Morgan fingerprint density at radius 2 is 1.70 bits per heavy atom. The number of unbranched alkanes of at least 4 members (excludes halogenated alkanes) is 1. The van der Waals surface area contributed by atoms with Crippen LogP contribution in [0.25, 0.3) is 21.0 Å². The van der Waals surface area contributed by atoms with Gasteiger partial charge in [-0.25, -0.2) is 0 Å². The average Bonchev–Trinajstić information content (AvgIpc) is 3.63. The second kappa shape index (κ2) is 20.8. The number of fused-ring (bicyclic) bond motifs is 2. The van der Waals surface area contributed by atoms with Crippen molar-refractivity contribution in [1.82, 2.24) is 4.98 Å². The molecule has 8 nitrogen and oxygen atoms in total. The third kappa shape index (κ3) is 11.4. The third-order valence-corrected chi connectivity index (χ3v) is 9.68. The van der Waals surface area contributed by atoms with E-state index in [2.05, 4.69) is 39.5 Å². The molecule has 258 valence electrons. The standard InChI is InChI=1S/C27H29N3O4S.C7H14O.2C2H6/c31-20-33-19-30(14-11-29(12-15-30)25-4-3-5-26-23(25)10-17-35-26)13-1-2-16-34-22-8-6-21-7-9-27(32)28-24(21)18-22;1-8-7-5-3-2-4-6-7;2*1-2/h3-10,17-18,20H,1-2,11-16,19H2;7H,2-6H2,1H3;2*1-2H3/p+1. The van der Waals surface area contributed by atoms with Crippen LogP contribution in [0.3, 0.4) is 0 Å². The fraction of sp³-hybridized carbons (Fsp3) is 0.526. The van der Waals surface area contributed by atoms with Crippen LogP contribution in [0.2, 0.25) is 0 Å². The molecule has 2 fully saturated rings. The minimum Gasteiger partial charge on any atom is -0.494 e. The number of quaternary nitrogens is 1. The number of thiophene rings is 1. The Kier molecular flexibility index (Phi) is 16.8. The average molecular weight is 667 g/mol. The van der Waals surface area contributed by atoms with E-state index in [0.29, 0.717) is 25.9 Å². The molecule has 1 N–H and O–H groups in total. The maximum Gasteiger partial charge on any atom is 0.297 e. The summed E-state index contributed by atoms with van der Waals surface area (Å²) in [4.78, 5) is 27.8. The number of rotatable bonds is 11. The van der Waals surface area contributed by atoms with Gasteiger partial charge in [0.15, 0.2) is 0 Å². The molecule has 9 heteroatoms. The summed E-state index contributed by atoms with van der Waals surface area (Å²) >= 11 is 1.77. The zero-order valence-corrected chi connectivity index (χ0v) is 30.0. The molecule has 1 saturated carbocycles. The number of anilines is 1.